The van der Waals surface area contributed by atoms with Crippen molar-refractivity contribution >= 4 is 0 Å². The molecule has 1 atom stereocenters. The van der Waals surface area contributed by atoms with Crippen molar-refractivity contribution in [2.75, 3.05) is 0 Å². The molecule has 18 heavy (non-hydrogen) atoms. The van der Waals surface area contributed by atoms with Gasteiger partial charge in [0.2, 0.25) is 0 Å². The lowest BCUT2D eigenvalue weighted by Crippen LogP contribution is -2.05. The minimum absolute atomic E-state index is 0.242. The third kappa shape index (κ3) is 2.93. The van der Waals surface area contributed by atoms with Crippen LogP contribution in [0, 0.1) is 11.6 Å². The summed E-state index contributed by atoms with van der Waals surface area (Å²) >= 11 is 0. The zero-order valence-corrected chi connectivity index (χ0v) is 9.81. The molecule has 0 aliphatic carbocycles. The van der Waals surface area contributed by atoms with Crippen LogP contribution in [0.25, 0.3) is 0 Å². The molecule has 0 spiro atoms. The first-order valence-corrected chi connectivity index (χ1v) is 5.84. The van der Waals surface area contributed by atoms with Gasteiger partial charge in [0.25, 0.3) is 0 Å². The van der Waals surface area contributed by atoms with Gasteiger partial charge in [0.05, 0.1) is 11.7 Å². The van der Waals surface area contributed by atoms with Crippen molar-refractivity contribution < 1.29 is 13.9 Å². The molecule has 1 nitrogen and oxygen atoms in total. The van der Waals surface area contributed by atoms with Gasteiger partial charge >= 0.3 is 0 Å². The van der Waals surface area contributed by atoms with Crippen molar-refractivity contribution in [2.45, 2.75) is 18.9 Å². The molecule has 3 heteroatoms. The number of aryl methyl sites for hydroxylation is 1. The number of benzene rings is 2. The maximum absolute atomic E-state index is 13.4. The molecular weight excluding hydrogens is 234 g/mol. The normalized spacial score (nSPS) is 12.4. The lowest BCUT2D eigenvalue weighted by molar-refractivity contribution is 0.158. The average Bonchev–Trinajstić information content (AvgIpc) is 2.37. The Hall–Kier alpha value is -1.74. The maximum atomic E-state index is 13.4. The fraction of sp³-hybridized carbons (Fsp3) is 0.200. The van der Waals surface area contributed by atoms with Crippen LogP contribution < -0.4 is 0 Å². The van der Waals surface area contributed by atoms with Crippen molar-refractivity contribution in [3.63, 3.8) is 0 Å². The second-order valence-electron chi connectivity index (χ2n) is 4.18. The van der Waals surface area contributed by atoms with E-state index in [-0.39, 0.29) is 5.56 Å². The maximum Gasteiger partial charge on any atom is 0.131 e. The molecule has 0 heterocycles. The minimum Gasteiger partial charge on any atom is -0.388 e. The lowest BCUT2D eigenvalue weighted by atomic mass is 10.0. The van der Waals surface area contributed by atoms with Crippen LogP contribution in [0.2, 0.25) is 0 Å². The molecule has 1 N–H and O–H groups in total. The summed E-state index contributed by atoms with van der Waals surface area (Å²) in [7, 11) is 0. The summed E-state index contributed by atoms with van der Waals surface area (Å²) in [5, 5.41) is 9.86. The second kappa shape index (κ2) is 5.74. The molecule has 0 aliphatic rings. The molecule has 2 aromatic rings. The van der Waals surface area contributed by atoms with E-state index in [1.807, 2.05) is 30.3 Å². The van der Waals surface area contributed by atoms with Crippen molar-refractivity contribution in [3.05, 3.63) is 71.3 Å². The Bertz CT molecular complexity index is 491. The van der Waals surface area contributed by atoms with Gasteiger partial charge in [-0.15, -0.1) is 0 Å². The molecule has 2 rings (SSSR count). The van der Waals surface area contributed by atoms with E-state index in [2.05, 4.69) is 0 Å². The summed E-state index contributed by atoms with van der Waals surface area (Å²) in [4.78, 5) is 0. The monoisotopic (exact) mass is 248 g/mol. The summed E-state index contributed by atoms with van der Waals surface area (Å²) < 4.78 is 26.9. The Morgan fingerprint density at radius 3 is 2.11 bits per heavy atom. The lowest BCUT2D eigenvalue weighted by Gasteiger charge is -2.12. The van der Waals surface area contributed by atoms with Crippen LogP contribution in [0.15, 0.2) is 48.5 Å². The molecule has 0 aliphatic heterocycles. The molecule has 0 radical (unpaired) electrons. The van der Waals surface area contributed by atoms with Crippen molar-refractivity contribution in [1.29, 1.82) is 0 Å². The van der Waals surface area contributed by atoms with Crippen LogP contribution in [0.1, 0.15) is 23.7 Å². The number of halogens is 2. The van der Waals surface area contributed by atoms with Crippen LogP contribution >= 0.6 is 0 Å². The molecule has 0 bridgehead atoms. The van der Waals surface area contributed by atoms with Crippen LogP contribution in [0.3, 0.4) is 0 Å². The third-order valence-electron chi connectivity index (χ3n) is 2.88. The number of rotatable bonds is 4. The smallest absolute Gasteiger partial charge is 0.131 e. The van der Waals surface area contributed by atoms with E-state index in [1.54, 1.807) is 0 Å². The van der Waals surface area contributed by atoms with Gasteiger partial charge in [-0.1, -0.05) is 36.4 Å². The van der Waals surface area contributed by atoms with E-state index >= 15 is 0 Å². The van der Waals surface area contributed by atoms with Crippen LogP contribution in [0.4, 0.5) is 8.78 Å². The number of hydrogen-bond acceptors (Lipinski definition) is 1. The van der Waals surface area contributed by atoms with Crippen molar-refractivity contribution in [2.24, 2.45) is 0 Å². The molecule has 0 amide bonds. The second-order valence-corrected chi connectivity index (χ2v) is 4.18. The SMILES string of the molecule is OC(CCc1ccccc1)c1c(F)cccc1F. The van der Waals surface area contributed by atoms with Gasteiger partial charge in [-0.2, -0.15) is 0 Å². The fourth-order valence-corrected chi connectivity index (χ4v) is 1.92. The van der Waals surface area contributed by atoms with E-state index < -0.39 is 17.7 Å². The van der Waals surface area contributed by atoms with Crippen LogP contribution in [-0.2, 0) is 6.42 Å². The summed E-state index contributed by atoms with van der Waals surface area (Å²) in [5.41, 5.74) is 0.793. The van der Waals surface area contributed by atoms with Crippen LogP contribution in [0.5, 0.6) is 0 Å². The molecule has 0 aromatic heterocycles. The van der Waals surface area contributed by atoms with E-state index in [0.29, 0.717) is 12.8 Å². The molecule has 94 valence electrons. The van der Waals surface area contributed by atoms with E-state index in [4.69, 9.17) is 0 Å². The molecule has 0 saturated heterocycles. The first kappa shape index (κ1) is 12.7. The summed E-state index contributed by atoms with van der Waals surface area (Å²) in [6, 6.07) is 13.1. The Morgan fingerprint density at radius 1 is 0.889 bits per heavy atom. The molecule has 0 saturated carbocycles. The molecule has 0 fully saturated rings. The van der Waals surface area contributed by atoms with Gasteiger partial charge in [0, 0.05) is 0 Å². The van der Waals surface area contributed by atoms with Gasteiger partial charge in [-0.05, 0) is 30.5 Å². The summed E-state index contributed by atoms with van der Waals surface area (Å²) in [6.45, 7) is 0. The van der Waals surface area contributed by atoms with Gasteiger partial charge in [-0.3, -0.25) is 0 Å². The molecule has 2 aromatic carbocycles. The van der Waals surface area contributed by atoms with E-state index in [1.165, 1.54) is 6.07 Å². The van der Waals surface area contributed by atoms with Crippen molar-refractivity contribution in [3.8, 4) is 0 Å². The standard InChI is InChI=1S/C15H14F2O/c16-12-7-4-8-13(17)15(12)14(18)10-9-11-5-2-1-3-6-11/h1-8,14,18H,9-10H2. The van der Waals surface area contributed by atoms with E-state index in [9.17, 15) is 13.9 Å². The first-order valence-electron chi connectivity index (χ1n) is 5.84. The van der Waals surface area contributed by atoms with Gasteiger partial charge in [-0.25, -0.2) is 8.78 Å². The zero-order chi connectivity index (χ0) is 13.0. The highest BCUT2D eigenvalue weighted by molar-refractivity contribution is 5.22. The Balaban J connectivity index is 2.06. The van der Waals surface area contributed by atoms with Crippen molar-refractivity contribution in [1.82, 2.24) is 0 Å². The van der Waals surface area contributed by atoms with Gasteiger partial charge in [0.1, 0.15) is 11.6 Å². The average molecular weight is 248 g/mol. The molecular formula is C15H14F2O. The third-order valence-corrected chi connectivity index (χ3v) is 2.88. The topological polar surface area (TPSA) is 20.2 Å². The zero-order valence-electron chi connectivity index (χ0n) is 9.81. The highest BCUT2D eigenvalue weighted by Gasteiger charge is 2.17. The predicted molar refractivity (Wildman–Crippen MR) is 66.1 cm³/mol. The van der Waals surface area contributed by atoms with E-state index in [0.717, 1.165) is 17.7 Å². The highest BCUT2D eigenvalue weighted by Crippen LogP contribution is 2.24. The summed E-state index contributed by atoms with van der Waals surface area (Å²) in [6.07, 6.45) is -0.246. The largest absolute Gasteiger partial charge is 0.388 e. The molecule has 1 unspecified atom stereocenters. The van der Waals surface area contributed by atoms with Gasteiger partial charge in [0.15, 0.2) is 0 Å². The number of hydrogen-bond donors (Lipinski definition) is 1. The van der Waals surface area contributed by atoms with Gasteiger partial charge < -0.3 is 5.11 Å². The Labute approximate surface area is 105 Å². The summed E-state index contributed by atoms with van der Waals surface area (Å²) in [5.74, 6) is -1.40. The predicted octanol–water partition coefficient (Wildman–Crippen LogP) is 3.63. The number of aliphatic hydroxyl groups is 1. The fourth-order valence-electron chi connectivity index (χ4n) is 1.92. The minimum atomic E-state index is -1.12. The van der Waals surface area contributed by atoms with Crippen LogP contribution in [-0.4, -0.2) is 5.11 Å². The quantitative estimate of drug-likeness (QED) is 0.876. The Morgan fingerprint density at radius 2 is 1.50 bits per heavy atom. The number of aliphatic hydroxyl groups excluding tert-OH is 1. The first-order chi connectivity index (χ1) is 8.68. The Kier molecular flexibility index (Phi) is 4.05. The highest BCUT2D eigenvalue weighted by atomic mass is 19.1.